The lowest BCUT2D eigenvalue weighted by atomic mass is 10.2. The van der Waals surface area contributed by atoms with Crippen LogP contribution in [0.3, 0.4) is 0 Å². The average molecular weight is 383 g/mol. The Bertz CT molecular complexity index is 1090. The van der Waals surface area contributed by atoms with Crippen molar-refractivity contribution in [1.29, 1.82) is 0 Å². The van der Waals surface area contributed by atoms with Gasteiger partial charge in [0.2, 0.25) is 0 Å². The zero-order chi connectivity index (χ0) is 17.9. The first-order chi connectivity index (χ1) is 12.7. The number of aryl methyl sites for hydroxylation is 1. The van der Waals surface area contributed by atoms with Crippen LogP contribution in [-0.4, -0.2) is 25.1 Å². The number of nitrogens with zero attached hydrogens (tertiary/aromatic N) is 4. The van der Waals surface area contributed by atoms with Gasteiger partial charge in [-0.1, -0.05) is 35.5 Å². The minimum atomic E-state index is -0.0838. The molecule has 0 aliphatic rings. The van der Waals surface area contributed by atoms with E-state index in [1.807, 2.05) is 47.3 Å². The summed E-state index contributed by atoms with van der Waals surface area (Å²) in [4.78, 5) is 17.8. The van der Waals surface area contributed by atoms with E-state index < -0.39 is 0 Å². The summed E-state index contributed by atoms with van der Waals surface area (Å²) in [6.45, 7) is 0.737. The van der Waals surface area contributed by atoms with E-state index in [0.29, 0.717) is 21.1 Å². The van der Waals surface area contributed by atoms with Crippen molar-refractivity contribution in [1.82, 2.24) is 19.3 Å². The van der Waals surface area contributed by atoms with Crippen LogP contribution in [-0.2, 0) is 6.54 Å². The first-order valence-electron chi connectivity index (χ1n) is 8.10. The molecule has 0 aliphatic heterocycles. The van der Waals surface area contributed by atoms with Crippen molar-refractivity contribution in [2.75, 3.05) is 5.75 Å². The molecule has 2 aromatic heterocycles. The first kappa shape index (κ1) is 16.9. The molecule has 2 heterocycles. The molecule has 0 saturated carbocycles. The predicted molar refractivity (Wildman–Crippen MR) is 105 cm³/mol. The van der Waals surface area contributed by atoms with E-state index in [1.54, 1.807) is 29.0 Å². The second kappa shape index (κ2) is 7.35. The summed E-state index contributed by atoms with van der Waals surface area (Å²) in [7, 11) is 0. The van der Waals surface area contributed by atoms with Crippen LogP contribution in [0.1, 0.15) is 0 Å². The van der Waals surface area contributed by atoms with Crippen LogP contribution in [0.25, 0.3) is 16.6 Å². The number of fused-ring (bicyclic) bond motifs is 1. The van der Waals surface area contributed by atoms with Crippen molar-refractivity contribution in [2.45, 2.75) is 11.7 Å². The number of benzene rings is 2. The van der Waals surface area contributed by atoms with Gasteiger partial charge in [0.1, 0.15) is 0 Å². The van der Waals surface area contributed by atoms with Gasteiger partial charge >= 0.3 is 0 Å². The van der Waals surface area contributed by atoms with Gasteiger partial charge in [0.05, 0.1) is 23.1 Å². The first-order valence-corrected chi connectivity index (χ1v) is 9.47. The Balaban J connectivity index is 1.77. The summed E-state index contributed by atoms with van der Waals surface area (Å²) in [5.41, 5.74) is 1.36. The van der Waals surface area contributed by atoms with E-state index >= 15 is 0 Å². The molecule has 26 heavy (non-hydrogen) atoms. The molecule has 4 rings (SSSR count). The Morgan fingerprint density at radius 2 is 1.85 bits per heavy atom. The maximum absolute atomic E-state index is 13.1. The van der Waals surface area contributed by atoms with E-state index in [1.165, 1.54) is 11.8 Å². The Labute approximate surface area is 159 Å². The normalized spacial score (nSPS) is 11.1. The number of halogens is 1. The lowest BCUT2D eigenvalue weighted by Gasteiger charge is -2.13. The zero-order valence-electron chi connectivity index (χ0n) is 13.7. The third-order valence-electron chi connectivity index (χ3n) is 3.94. The topological polar surface area (TPSA) is 52.7 Å². The van der Waals surface area contributed by atoms with Crippen molar-refractivity contribution >= 4 is 34.3 Å². The predicted octanol–water partition coefficient (Wildman–Crippen LogP) is 4.03. The van der Waals surface area contributed by atoms with Gasteiger partial charge in [-0.15, -0.1) is 0 Å². The van der Waals surface area contributed by atoms with Crippen LogP contribution in [0.4, 0.5) is 0 Å². The molecule has 0 aliphatic carbocycles. The summed E-state index contributed by atoms with van der Waals surface area (Å²) >= 11 is 7.53. The number of hydrogen-bond acceptors (Lipinski definition) is 4. The van der Waals surface area contributed by atoms with Crippen LogP contribution in [0, 0.1) is 0 Å². The standard InChI is InChI=1S/C19H15ClN4OS/c20-14-6-8-15(9-7-14)24-18(25)16-4-1-2-5-17(16)22-19(24)26-13-12-23-11-3-10-21-23/h1-11H,12-13H2. The quantitative estimate of drug-likeness (QED) is 0.386. The minimum absolute atomic E-state index is 0.0838. The molecule has 0 radical (unpaired) electrons. The van der Waals surface area contributed by atoms with Gasteiger partial charge in [0, 0.05) is 23.2 Å². The molecule has 0 bridgehead atoms. The van der Waals surface area contributed by atoms with Crippen LogP contribution in [0.15, 0.2) is 76.9 Å². The fourth-order valence-corrected chi connectivity index (χ4v) is 3.76. The fraction of sp³-hybridized carbons (Fsp3) is 0.105. The van der Waals surface area contributed by atoms with Gasteiger partial charge in [-0.25, -0.2) is 4.98 Å². The van der Waals surface area contributed by atoms with Gasteiger partial charge in [-0.05, 0) is 42.5 Å². The van der Waals surface area contributed by atoms with Gasteiger partial charge in [0.15, 0.2) is 5.16 Å². The van der Waals surface area contributed by atoms with Crippen LogP contribution < -0.4 is 5.56 Å². The monoisotopic (exact) mass is 382 g/mol. The Morgan fingerprint density at radius 1 is 1.04 bits per heavy atom. The second-order valence-electron chi connectivity index (χ2n) is 5.65. The van der Waals surface area contributed by atoms with Crippen LogP contribution in [0.5, 0.6) is 0 Å². The number of rotatable bonds is 5. The maximum atomic E-state index is 13.1. The lowest BCUT2D eigenvalue weighted by Crippen LogP contribution is -2.22. The van der Waals surface area contributed by atoms with Crippen LogP contribution >= 0.6 is 23.4 Å². The summed E-state index contributed by atoms with van der Waals surface area (Å²) < 4.78 is 3.51. The molecule has 0 spiro atoms. The molecular formula is C19H15ClN4OS. The van der Waals surface area contributed by atoms with E-state index in [-0.39, 0.29) is 5.56 Å². The SMILES string of the molecule is O=c1c2ccccc2nc(SCCn2cccn2)n1-c1ccc(Cl)cc1. The maximum Gasteiger partial charge on any atom is 0.266 e. The summed E-state index contributed by atoms with van der Waals surface area (Å²) in [5.74, 6) is 0.750. The Hall–Kier alpha value is -2.57. The Kier molecular flexibility index (Phi) is 4.77. The molecule has 7 heteroatoms. The molecule has 0 unspecified atom stereocenters. The second-order valence-corrected chi connectivity index (χ2v) is 7.14. The van der Waals surface area contributed by atoms with E-state index in [2.05, 4.69) is 5.10 Å². The molecule has 4 aromatic rings. The highest BCUT2D eigenvalue weighted by atomic mass is 35.5. The van der Waals surface area contributed by atoms with Crippen molar-refractivity contribution in [3.05, 3.63) is 82.4 Å². The number of hydrogen-bond donors (Lipinski definition) is 0. The highest BCUT2D eigenvalue weighted by molar-refractivity contribution is 7.99. The average Bonchev–Trinajstić information content (AvgIpc) is 3.17. The van der Waals surface area contributed by atoms with Gasteiger partial charge in [0.25, 0.3) is 5.56 Å². The van der Waals surface area contributed by atoms with E-state index in [0.717, 1.165) is 18.0 Å². The molecule has 130 valence electrons. The van der Waals surface area contributed by atoms with Crippen molar-refractivity contribution in [3.8, 4) is 5.69 Å². The molecule has 0 atom stereocenters. The molecule has 0 saturated heterocycles. The molecular weight excluding hydrogens is 368 g/mol. The fourth-order valence-electron chi connectivity index (χ4n) is 2.69. The summed E-state index contributed by atoms with van der Waals surface area (Å²) in [5, 5.41) is 6.09. The van der Waals surface area contributed by atoms with Crippen LogP contribution in [0.2, 0.25) is 5.02 Å². The van der Waals surface area contributed by atoms with Gasteiger partial charge in [-0.2, -0.15) is 5.10 Å². The minimum Gasteiger partial charge on any atom is -0.272 e. The smallest absolute Gasteiger partial charge is 0.266 e. The zero-order valence-corrected chi connectivity index (χ0v) is 15.3. The molecule has 0 N–H and O–H groups in total. The molecule has 0 amide bonds. The van der Waals surface area contributed by atoms with E-state index in [4.69, 9.17) is 16.6 Å². The van der Waals surface area contributed by atoms with Gasteiger partial charge < -0.3 is 0 Å². The third-order valence-corrected chi connectivity index (χ3v) is 5.11. The summed E-state index contributed by atoms with van der Waals surface area (Å²) in [6.07, 6.45) is 3.67. The Morgan fingerprint density at radius 3 is 2.62 bits per heavy atom. The third kappa shape index (κ3) is 3.38. The number of aromatic nitrogens is 4. The highest BCUT2D eigenvalue weighted by Gasteiger charge is 2.13. The van der Waals surface area contributed by atoms with Crippen molar-refractivity contribution < 1.29 is 0 Å². The lowest BCUT2D eigenvalue weighted by molar-refractivity contribution is 0.665. The highest BCUT2D eigenvalue weighted by Crippen LogP contribution is 2.22. The largest absolute Gasteiger partial charge is 0.272 e. The van der Waals surface area contributed by atoms with Crippen molar-refractivity contribution in [3.63, 3.8) is 0 Å². The van der Waals surface area contributed by atoms with Crippen molar-refractivity contribution in [2.24, 2.45) is 0 Å². The summed E-state index contributed by atoms with van der Waals surface area (Å²) in [6, 6.07) is 16.5. The molecule has 2 aromatic carbocycles. The molecule has 0 fully saturated rings. The number of para-hydroxylation sites is 1. The van der Waals surface area contributed by atoms with E-state index in [9.17, 15) is 4.79 Å². The van der Waals surface area contributed by atoms with Gasteiger partial charge in [-0.3, -0.25) is 14.0 Å². The number of thioether (sulfide) groups is 1. The molecule has 5 nitrogen and oxygen atoms in total.